The average Bonchev–Trinajstić information content (AvgIpc) is 2.85. The summed E-state index contributed by atoms with van der Waals surface area (Å²) in [6.45, 7) is 6.60. The molecule has 128 valence electrons. The van der Waals surface area contributed by atoms with E-state index >= 15 is 0 Å². The van der Waals surface area contributed by atoms with E-state index in [0.29, 0.717) is 34.7 Å². The summed E-state index contributed by atoms with van der Waals surface area (Å²) in [6, 6.07) is 0. The summed E-state index contributed by atoms with van der Waals surface area (Å²) in [7, 11) is 0. The third-order valence-corrected chi connectivity index (χ3v) is 8.88. The number of rotatable bonds is 1. The quantitative estimate of drug-likeness (QED) is 0.696. The van der Waals surface area contributed by atoms with Crippen molar-refractivity contribution < 1.29 is 9.59 Å². The van der Waals surface area contributed by atoms with Crippen molar-refractivity contribution in [3.8, 4) is 0 Å². The molecular formula is C21H32O2. The highest BCUT2D eigenvalue weighted by Crippen LogP contribution is 2.66. The average molecular weight is 316 g/mol. The molecule has 4 fully saturated rings. The Morgan fingerprint density at radius 1 is 0.957 bits per heavy atom. The van der Waals surface area contributed by atoms with Gasteiger partial charge in [-0.2, -0.15) is 0 Å². The van der Waals surface area contributed by atoms with E-state index < -0.39 is 0 Å². The molecule has 0 aliphatic heterocycles. The van der Waals surface area contributed by atoms with Crippen LogP contribution >= 0.6 is 0 Å². The van der Waals surface area contributed by atoms with Gasteiger partial charge in [0.05, 0.1) is 0 Å². The molecule has 7 atom stereocenters. The van der Waals surface area contributed by atoms with Gasteiger partial charge in [-0.1, -0.05) is 26.7 Å². The van der Waals surface area contributed by atoms with Crippen molar-refractivity contribution in [1.29, 1.82) is 0 Å². The van der Waals surface area contributed by atoms with E-state index in [9.17, 15) is 9.59 Å². The summed E-state index contributed by atoms with van der Waals surface area (Å²) in [5, 5.41) is 0. The highest BCUT2D eigenvalue weighted by molar-refractivity contribution is 5.84. The molecule has 0 heterocycles. The van der Waals surface area contributed by atoms with Crippen molar-refractivity contribution in [2.75, 3.05) is 0 Å². The standard InChI is InChI=1S/C21H32O2/c1-13(22)15-7-8-16-19-17(9-11-21(15,16)3)20(2)10-5-4-6-14(20)12-18(19)23/h14-17,19H,4-12H2,1-3H3/t14-,15+,16-,17+,19+,20+,21+/m1/s1. The summed E-state index contributed by atoms with van der Waals surface area (Å²) in [5.41, 5.74) is 0.493. The first-order valence-corrected chi connectivity index (χ1v) is 9.91. The molecule has 4 aliphatic carbocycles. The first-order chi connectivity index (χ1) is 10.9. The second kappa shape index (κ2) is 5.17. The second-order valence-corrected chi connectivity index (χ2v) is 9.64. The fraction of sp³-hybridized carbons (Fsp3) is 0.905. The summed E-state index contributed by atoms with van der Waals surface area (Å²) in [6.07, 6.45) is 10.6. The van der Waals surface area contributed by atoms with Gasteiger partial charge < -0.3 is 0 Å². The summed E-state index contributed by atoms with van der Waals surface area (Å²) in [5.74, 6) is 3.09. The Bertz CT molecular complexity index is 538. The van der Waals surface area contributed by atoms with E-state index in [2.05, 4.69) is 13.8 Å². The number of ketones is 2. The smallest absolute Gasteiger partial charge is 0.136 e. The van der Waals surface area contributed by atoms with Gasteiger partial charge in [-0.25, -0.2) is 0 Å². The molecule has 2 nitrogen and oxygen atoms in total. The third-order valence-electron chi connectivity index (χ3n) is 8.88. The van der Waals surface area contributed by atoms with Gasteiger partial charge in [0.15, 0.2) is 0 Å². The molecule has 0 unspecified atom stereocenters. The summed E-state index contributed by atoms with van der Waals surface area (Å²) in [4.78, 5) is 25.3. The highest BCUT2D eigenvalue weighted by Gasteiger charge is 2.62. The Balaban J connectivity index is 1.69. The monoisotopic (exact) mass is 316 g/mol. The van der Waals surface area contributed by atoms with Crippen LogP contribution in [0, 0.1) is 40.4 Å². The van der Waals surface area contributed by atoms with Crippen LogP contribution in [0.5, 0.6) is 0 Å². The summed E-state index contributed by atoms with van der Waals surface area (Å²) < 4.78 is 0. The first kappa shape index (κ1) is 15.8. The zero-order chi connectivity index (χ0) is 16.4. The Morgan fingerprint density at radius 3 is 2.43 bits per heavy atom. The largest absolute Gasteiger partial charge is 0.300 e. The van der Waals surface area contributed by atoms with E-state index in [-0.39, 0.29) is 17.3 Å². The van der Waals surface area contributed by atoms with Gasteiger partial charge in [0.25, 0.3) is 0 Å². The van der Waals surface area contributed by atoms with Crippen LogP contribution < -0.4 is 0 Å². The SMILES string of the molecule is CC(=O)[C@@H]1CC[C@@H]2[C@@H]3C(=O)C[C@H]4CCCC[C@]4(C)[C@H]3CC[C@]21C. The molecule has 0 bridgehead atoms. The molecule has 0 spiro atoms. The predicted octanol–water partition coefficient (Wildman–Crippen LogP) is 4.80. The number of carbonyl (C=O) groups excluding carboxylic acids is 2. The first-order valence-electron chi connectivity index (χ1n) is 9.91. The molecule has 0 aromatic rings. The van der Waals surface area contributed by atoms with E-state index in [1.165, 1.54) is 38.5 Å². The lowest BCUT2D eigenvalue weighted by molar-refractivity contribution is -0.157. The molecule has 4 aliphatic rings. The van der Waals surface area contributed by atoms with Gasteiger partial charge in [-0.05, 0) is 74.0 Å². The molecule has 0 aromatic carbocycles. The van der Waals surface area contributed by atoms with E-state index in [1.807, 2.05) is 0 Å². The van der Waals surface area contributed by atoms with Crippen molar-refractivity contribution in [1.82, 2.24) is 0 Å². The Kier molecular flexibility index (Phi) is 3.56. The molecular weight excluding hydrogens is 284 g/mol. The van der Waals surface area contributed by atoms with Gasteiger partial charge in [0.1, 0.15) is 11.6 Å². The maximum absolute atomic E-state index is 13.1. The van der Waals surface area contributed by atoms with E-state index in [4.69, 9.17) is 0 Å². The maximum atomic E-state index is 13.1. The number of Topliss-reactive ketones (excluding diaryl/α,β-unsaturated/α-hetero) is 2. The summed E-state index contributed by atoms with van der Waals surface area (Å²) >= 11 is 0. The van der Waals surface area contributed by atoms with Crippen molar-refractivity contribution in [3.05, 3.63) is 0 Å². The molecule has 0 N–H and O–H groups in total. The van der Waals surface area contributed by atoms with Gasteiger partial charge >= 0.3 is 0 Å². The second-order valence-electron chi connectivity index (χ2n) is 9.64. The number of hydrogen-bond acceptors (Lipinski definition) is 2. The fourth-order valence-corrected chi connectivity index (χ4v) is 7.63. The number of hydrogen-bond donors (Lipinski definition) is 0. The highest BCUT2D eigenvalue weighted by atomic mass is 16.1. The Morgan fingerprint density at radius 2 is 1.70 bits per heavy atom. The lowest BCUT2D eigenvalue weighted by Crippen LogP contribution is -2.56. The number of carbonyl (C=O) groups is 2. The van der Waals surface area contributed by atoms with Crippen LogP contribution in [0.1, 0.15) is 78.6 Å². The molecule has 0 amide bonds. The zero-order valence-corrected chi connectivity index (χ0v) is 15.1. The zero-order valence-electron chi connectivity index (χ0n) is 15.1. The van der Waals surface area contributed by atoms with Gasteiger partial charge in [0.2, 0.25) is 0 Å². The lowest BCUT2D eigenvalue weighted by atomic mass is 9.44. The van der Waals surface area contributed by atoms with Crippen molar-refractivity contribution >= 4 is 11.6 Å². The minimum absolute atomic E-state index is 0.0977. The maximum Gasteiger partial charge on any atom is 0.136 e. The minimum atomic E-state index is 0.0977. The van der Waals surface area contributed by atoms with Crippen LogP contribution in [0.4, 0.5) is 0 Å². The van der Waals surface area contributed by atoms with Crippen LogP contribution in [0.3, 0.4) is 0 Å². The van der Waals surface area contributed by atoms with Gasteiger partial charge in [0, 0.05) is 18.3 Å². The molecule has 4 rings (SSSR count). The van der Waals surface area contributed by atoms with Crippen LogP contribution in [0.2, 0.25) is 0 Å². The van der Waals surface area contributed by atoms with Gasteiger partial charge in [-0.15, -0.1) is 0 Å². The molecule has 23 heavy (non-hydrogen) atoms. The molecule has 0 aromatic heterocycles. The van der Waals surface area contributed by atoms with Crippen LogP contribution in [0.15, 0.2) is 0 Å². The normalized spacial score (nSPS) is 52.5. The topological polar surface area (TPSA) is 34.1 Å². The van der Waals surface area contributed by atoms with Crippen LogP contribution in [-0.4, -0.2) is 11.6 Å². The lowest BCUT2D eigenvalue weighted by Gasteiger charge is -2.59. The van der Waals surface area contributed by atoms with Crippen molar-refractivity contribution in [3.63, 3.8) is 0 Å². The molecule has 2 heteroatoms. The van der Waals surface area contributed by atoms with Crippen molar-refractivity contribution in [2.24, 2.45) is 40.4 Å². The fourth-order valence-electron chi connectivity index (χ4n) is 7.63. The van der Waals surface area contributed by atoms with Crippen molar-refractivity contribution in [2.45, 2.75) is 78.6 Å². The van der Waals surface area contributed by atoms with E-state index in [1.54, 1.807) is 6.92 Å². The minimum Gasteiger partial charge on any atom is -0.300 e. The van der Waals surface area contributed by atoms with Gasteiger partial charge in [-0.3, -0.25) is 9.59 Å². The van der Waals surface area contributed by atoms with Crippen LogP contribution in [0.25, 0.3) is 0 Å². The predicted molar refractivity (Wildman–Crippen MR) is 90.9 cm³/mol. The Hall–Kier alpha value is -0.660. The third kappa shape index (κ3) is 2.05. The Labute approximate surface area is 140 Å². The molecule has 0 radical (unpaired) electrons. The van der Waals surface area contributed by atoms with E-state index in [0.717, 1.165) is 19.3 Å². The molecule has 0 saturated heterocycles. The molecule has 4 saturated carbocycles. The van der Waals surface area contributed by atoms with Crippen LogP contribution in [-0.2, 0) is 9.59 Å². The number of fused-ring (bicyclic) bond motifs is 5.